The third-order valence-corrected chi connectivity index (χ3v) is 8.83. The van der Waals surface area contributed by atoms with Crippen LogP contribution < -0.4 is 4.74 Å². The smallest absolute Gasteiger partial charge is 0.355 e. The molecule has 0 saturated carbocycles. The molecule has 4 rings (SSSR count). The van der Waals surface area contributed by atoms with Crippen molar-refractivity contribution in [2.24, 2.45) is 5.92 Å². The van der Waals surface area contributed by atoms with Gasteiger partial charge in [0.2, 0.25) is 5.91 Å². The van der Waals surface area contributed by atoms with Crippen LogP contribution in [0.25, 0.3) is 0 Å². The third-order valence-electron chi connectivity index (χ3n) is 6.32. The van der Waals surface area contributed by atoms with Crippen molar-refractivity contribution in [2.75, 3.05) is 18.6 Å². The fourth-order valence-electron chi connectivity index (χ4n) is 4.89. The lowest BCUT2D eigenvalue weighted by Crippen LogP contribution is -2.63. The fourth-order valence-corrected chi connectivity index (χ4v) is 7.49. The Labute approximate surface area is 201 Å². The average molecular weight is 506 g/mol. The standard InChI is InChI=1S/C24H31NO7SSi/c1-15(32-34(3,4)5)21-20-12-19(17-10-11-33(28,29)14-17)22(25(20)23(21)26)24(27)31-13-16-6-8-18(30-2)9-7-16/h6-10,15,20-21H,11-14H2,1-5H3/t15-,20-,21-/m1/s1. The number of sulfone groups is 1. The van der Waals surface area contributed by atoms with E-state index in [9.17, 15) is 18.0 Å². The van der Waals surface area contributed by atoms with Gasteiger partial charge in [-0.15, -0.1) is 0 Å². The van der Waals surface area contributed by atoms with E-state index >= 15 is 0 Å². The van der Waals surface area contributed by atoms with E-state index in [1.807, 2.05) is 6.92 Å². The molecule has 0 N–H and O–H groups in total. The van der Waals surface area contributed by atoms with Gasteiger partial charge >= 0.3 is 5.97 Å². The number of nitrogens with zero attached hydrogens (tertiary/aromatic N) is 1. The van der Waals surface area contributed by atoms with E-state index < -0.39 is 24.1 Å². The van der Waals surface area contributed by atoms with Crippen molar-refractivity contribution in [2.45, 2.75) is 51.7 Å². The van der Waals surface area contributed by atoms with Gasteiger partial charge in [0.05, 0.1) is 36.7 Å². The lowest BCUT2D eigenvalue weighted by molar-refractivity contribution is -0.162. The maximum atomic E-state index is 13.2. The summed E-state index contributed by atoms with van der Waals surface area (Å²) >= 11 is 0. The Morgan fingerprint density at radius 1 is 1.21 bits per heavy atom. The molecule has 1 aromatic carbocycles. The Bertz CT molecular complexity index is 1160. The van der Waals surface area contributed by atoms with Crippen LogP contribution in [0.5, 0.6) is 5.75 Å². The normalized spacial score (nSPS) is 24.4. The zero-order valence-corrected chi connectivity index (χ0v) is 22.0. The van der Waals surface area contributed by atoms with Crippen LogP contribution in [-0.4, -0.2) is 64.3 Å². The molecule has 10 heteroatoms. The van der Waals surface area contributed by atoms with Crippen molar-refractivity contribution in [3.05, 3.63) is 52.7 Å². The Balaban J connectivity index is 1.57. The molecule has 3 aliphatic rings. The molecule has 1 aromatic rings. The fraction of sp³-hybridized carbons (Fsp3) is 0.500. The number of benzene rings is 1. The first-order chi connectivity index (χ1) is 15.9. The Kier molecular flexibility index (Phi) is 6.52. The molecule has 3 atom stereocenters. The molecular weight excluding hydrogens is 474 g/mol. The number of fused-ring (bicyclic) bond motifs is 1. The summed E-state index contributed by atoms with van der Waals surface area (Å²) < 4.78 is 41.1. The van der Waals surface area contributed by atoms with E-state index in [0.29, 0.717) is 23.3 Å². The predicted molar refractivity (Wildman–Crippen MR) is 129 cm³/mol. The molecule has 3 aliphatic heterocycles. The molecule has 0 spiro atoms. The van der Waals surface area contributed by atoms with Crippen LogP contribution in [0.1, 0.15) is 18.9 Å². The summed E-state index contributed by atoms with van der Waals surface area (Å²) in [5.74, 6) is -0.658. The molecular formula is C24H31NO7SSi. The van der Waals surface area contributed by atoms with Gasteiger partial charge in [-0.3, -0.25) is 4.79 Å². The number of hydrogen-bond donors (Lipinski definition) is 0. The van der Waals surface area contributed by atoms with Crippen LogP contribution in [0.3, 0.4) is 0 Å². The van der Waals surface area contributed by atoms with E-state index in [4.69, 9.17) is 13.9 Å². The van der Waals surface area contributed by atoms with Gasteiger partial charge in [0.1, 0.15) is 18.1 Å². The summed E-state index contributed by atoms with van der Waals surface area (Å²) in [4.78, 5) is 27.9. The molecule has 34 heavy (non-hydrogen) atoms. The molecule has 1 amide bonds. The highest BCUT2D eigenvalue weighted by molar-refractivity contribution is 7.92. The number of esters is 1. The van der Waals surface area contributed by atoms with Gasteiger partial charge in [-0.25, -0.2) is 13.2 Å². The van der Waals surface area contributed by atoms with E-state index in [-0.39, 0.29) is 47.8 Å². The zero-order chi connectivity index (χ0) is 24.8. The van der Waals surface area contributed by atoms with Crippen LogP contribution >= 0.6 is 0 Å². The lowest BCUT2D eigenvalue weighted by Gasteiger charge is -2.47. The Morgan fingerprint density at radius 3 is 2.44 bits per heavy atom. The molecule has 0 unspecified atom stereocenters. The first-order valence-electron chi connectivity index (χ1n) is 11.3. The number of β-lactam (4-membered cyclic amide) rings is 1. The van der Waals surface area contributed by atoms with Gasteiger partial charge in [-0.05, 0) is 61.8 Å². The average Bonchev–Trinajstić information content (AvgIpc) is 3.28. The first-order valence-corrected chi connectivity index (χ1v) is 16.6. The molecule has 3 heterocycles. The number of carbonyl (C=O) groups excluding carboxylic acids is 2. The second-order valence-corrected chi connectivity index (χ2v) is 16.5. The molecule has 184 valence electrons. The van der Waals surface area contributed by atoms with Crippen LogP contribution in [0.2, 0.25) is 19.6 Å². The summed E-state index contributed by atoms with van der Waals surface area (Å²) in [6, 6.07) is 6.91. The third kappa shape index (κ3) is 4.85. The number of methoxy groups -OCH3 is 1. The highest BCUT2D eigenvalue weighted by Crippen LogP contribution is 2.47. The Morgan fingerprint density at radius 2 is 1.88 bits per heavy atom. The minimum atomic E-state index is -3.24. The molecule has 1 saturated heterocycles. The van der Waals surface area contributed by atoms with Crippen LogP contribution in [0.15, 0.2) is 47.2 Å². The molecule has 8 nitrogen and oxygen atoms in total. The molecule has 0 aliphatic carbocycles. The van der Waals surface area contributed by atoms with Gasteiger partial charge in [0.25, 0.3) is 0 Å². The van der Waals surface area contributed by atoms with Crippen LogP contribution in [0, 0.1) is 5.92 Å². The van der Waals surface area contributed by atoms with Crippen molar-refractivity contribution in [3.8, 4) is 5.75 Å². The summed E-state index contributed by atoms with van der Waals surface area (Å²) in [7, 11) is -3.54. The van der Waals surface area contributed by atoms with Crippen molar-refractivity contribution in [1.82, 2.24) is 4.90 Å². The van der Waals surface area contributed by atoms with Crippen molar-refractivity contribution < 1.29 is 31.9 Å². The molecule has 0 aromatic heterocycles. The van der Waals surface area contributed by atoms with Crippen molar-refractivity contribution >= 4 is 30.0 Å². The minimum absolute atomic E-state index is 0.0300. The lowest BCUT2D eigenvalue weighted by atomic mass is 9.82. The Hall–Kier alpha value is -2.43. The number of amides is 1. The second-order valence-electron chi connectivity index (χ2n) is 9.98. The van der Waals surface area contributed by atoms with Gasteiger partial charge in [-0.2, -0.15) is 0 Å². The van der Waals surface area contributed by atoms with Gasteiger partial charge in [0.15, 0.2) is 18.2 Å². The number of ether oxygens (including phenoxy) is 2. The minimum Gasteiger partial charge on any atom is -0.497 e. The summed E-state index contributed by atoms with van der Waals surface area (Å²) in [5.41, 5.74) is 2.14. The molecule has 0 bridgehead atoms. The van der Waals surface area contributed by atoms with Crippen LogP contribution in [-0.2, 0) is 35.2 Å². The maximum absolute atomic E-state index is 13.2. The summed E-state index contributed by atoms with van der Waals surface area (Å²) in [6.07, 6.45) is 1.79. The predicted octanol–water partition coefficient (Wildman–Crippen LogP) is 2.82. The van der Waals surface area contributed by atoms with E-state index in [2.05, 4.69) is 19.6 Å². The van der Waals surface area contributed by atoms with Crippen molar-refractivity contribution in [1.29, 1.82) is 0 Å². The van der Waals surface area contributed by atoms with Gasteiger partial charge in [-0.1, -0.05) is 18.2 Å². The molecule has 0 radical (unpaired) electrons. The van der Waals surface area contributed by atoms with Gasteiger partial charge < -0.3 is 18.8 Å². The van der Waals surface area contributed by atoms with E-state index in [0.717, 1.165) is 5.56 Å². The topological polar surface area (TPSA) is 99.2 Å². The monoisotopic (exact) mass is 505 g/mol. The quantitative estimate of drug-likeness (QED) is 0.304. The summed E-state index contributed by atoms with van der Waals surface area (Å²) in [6.45, 7) is 8.13. The van der Waals surface area contributed by atoms with E-state index in [1.54, 1.807) is 37.5 Å². The highest BCUT2D eigenvalue weighted by atomic mass is 32.2. The number of rotatable bonds is 8. The number of hydrogen-bond acceptors (Lipinski definition) is 7. The van der Waals surface area contributed by atoms with Crippen molar-refractivity contribution in [3.63, 3.8) is 0 Å². The largest absolute Gasteiger partial charge is 0.497 e. The first kappa shape index (κ1) is 24.7. The highest BCUT2D eigenvalue weighted by Gasteiger charge is 2.58. The summed E-state index contributed by atoms with van der Waals surface area (Å²) in [5, 5.41) is 0. The maximum Gasteiger partial charge on any atom is 0.355 e. The second kappa shape index (κ2) is 8.97. The number of carbonyl (C=O) groups is 2. The van der Waals surface area contributed by atoms with E-state index in [1.165, 1.54) is 4.90 Å². The molecule has 1 fully saturated rings. The van der Waals surface area contributed by atoms with Crippen LogP contribution in [0.4, 0.5) is 0 Å². The SMILES string of the molecule is COc1ccc(COC(=O)C2=C(C3=CCS(=O)(=O)C3)C[C@@H]3[C@@H]([C@@H](C)O[Si](C)(C)C)C(=O)N23)cc1. The zero-order valence-electron chi connectivity index (χ0n) is 20.2. The van der Waals surface area contributed by atoms with Gasteiger partial charge in [0, 0.05) is 0 Å².